The van der Waals surface area contributed by atoms with Crippen LogP contribution in [0.5, 0.6) is 5.75 Å². The van der Waals surface area contributed by atoms with E-state index in [4.69, 9.17) is 15.4 Å². The zero-order valence-corrected chi connectivity index (χ0v) is 12.7. The van der Waals surface area contributed by atoms with Crippen molar-refractivity contribution >= 4 is 19.7 Å². The first kappa shape index (κ1) is 15.3. The molecule has 3 nitrogen and oxygen atoms in total. The third kappa shape index (κ3) is 3.89. The Morgan fingerprint density at radius 1 is 1.33 bits per heavy atom. The van der Waals surface area contributed by atoms with Gasteiger partial charge < -0.3 is 4.74 Å². The van der Waals surface area contributed by atoms with Crippen molar-refractivity contribution in [2.24, 2.45) is 0 Å². The van der Waals surface area contributed by atoms with Crippen LogP contribution in [0.3, 0.4) is 0 Å². The molecule has 18 heavy (non-hydrogen) atoms. The molecule has 0 heterocycles. The molecular formula is C13H19ClO3S. The summed E-state index contributed by atoms with van der Waals surface area (Å²) in [4.78, 5) is 0. The maximum Gasteiger partial charge on any atom is 0.236 e. The minimum atomic E-state index is -3.59. The van der Waals surface area contributed by atoms with Crippen LogP contribution in [0, 0.1) is 0 Å². The third-order valence-electron chi connectivity index (χ3n) is 3.27. The lowest BCUT2D eigenvalue weighted by Gasteiger charge is -2.24. The van der Waals surface area contributed by atoms with Crippen LogP contribution in [0.1, 0.15) is 38.3 Å². The Labute approximate surface area is 114 Å². The summed E-state index contributed by atoms with van der Waals surface area (Å²) in [5.41, 5.74) is 1.68. The summed E-state index contributed by atoms with van der Waals surface area (Å²) in [6, 6.07) is 5.62. The average molecular weight is 291 g/mol. The molecule has 0 saturated carbocycles. The Morgan fingerprint density at radius 3 is 2.39 bits per heavy atom. The van der Waals surface area contributed by atoms with Gasteiger partial charge in [-0.25, -0.2) is 8.42 Å². The van der Waals surface area contributed by atoms with Crippen LogP contribution < -0.4 is 4.74 Å². The Kier molecular flexibility index (Phi) is 4.67. The second kappa shape index (κ2) is 5.49. The van der Waals surface area contributed by atoms with Gasteiger partial charge in [0.1, 0.15) is 5.75 Å². The molecule has 5 heteroatoms. The van der Waals surface area contributed by atoms with E-state index >= 15 is 0 Å². The van der Waals surface area contributed by atoms with Crippen LogP contribution >= 0.6 is 10.7 Å². The van der Waals surface area contributed by atoms with Crippen molar-refractivity contribution in [3.8, 4) is 5.75 Å². The molecule has 0 fully saturated rings. The van der Waals surface area contributed by atoms with Crippen molar-refractivity contribution in [3.05, 3.63) is 29.3 Å². The van der Waals surface area contributed by atoms with Crippen molar-refractivity contribution in [1.82, 2.24) is 0 Å². The summed E-state index contributed by atoms with van der Waals surface area (Å²) in [7, 11) is 3.25. The molecule has 0 radical (unpaired) electrons. The Morgan fingerprint density at radius 2 is 1.94 bits per heavy atom. The number of benzene rings is 1. The fourth-order valence-corrected chi connectivity index (χ4v) is 2.65. The fourth-order valence-electron chi connectivity index (χ4n) is 1.70. The highest BCUT2D eigenvalue weighted by Crippen LogP contribution is 2.31. The summed E-state index contributed by atoms with van der Waals surface area (Å²) in [6.07, 6.45) is 0.965. The molecule has 1 aromatic rings. The van der Waals surface area contributed by atoms with Gasteiger partial charge in [0.25, 0.3) is 0 Å². The molecule has 102 valence electrons. The average Bonchev–Trinajstić information content (AvgIpc) is 2.26. The molecule has 0 aliphatic heterocycles. The minimum Gasteiger partial charge on any atom is -0.496 e. The van der Waals surface area contributed by atoms with Crippen LogP contribution in [0.25, 0.3) is 0 Å². The van der Waals surface area contributed by atoms with Gasteiger partial charge in [0, 0.05) is 16.2 Å². The van der Waals surface area contributed by atoms with E-state index in [1.807, 2.05) is 12.1 Å². The Balaban J connectivity index is 3.26. The van der Waals surface area contributed by atoms with Crippen LogP contribution in [0.15, 0.2) is 18.2 Å². The number of rotatable bonds is 5. The monoisotopic (exact) mass is 290 g/mol. The second-order valence-corrected chi connectivity index (χ2v) is 7.72. The first-order chi connectivity index (χ1) is 8.19. The van der Waals surface area contributed by atoms with Crippen LogP contribution in [-0.4, -0.2) is 15.5 Å². The first-order valence-corrected chi connectivity index (χ1v) is 8.27. The molecule has 0 aliphatic rings. The van der Waals surface area contributed by atoms with Crippen molar-refractivity contribution < 1.29 is 13.2 Å². The minimum absolute atomic E-state index is 0.00288. The molecular weight excluding hydrogens is 272 g/mol. The SMILES string of the molecule is CCC(C)(C)c1ccc(OC)c(CS(=O)(=O)Cl)c1. The van der Waals surface area contributed by atoms with Gasteiger partial charge in [-0.2, -0.15) is 0 Å². The summed E-state index contributed by atoms with van der Waals surface area (Å²) < 4.78 is 27.6. The predicted octanol–water partition coefficient (Wildman–Crippen LogP) is 3.45. The summed E-state index contributed by atoms with van der Waals surface area (Å²) in [5.74, 6) is 0.334. The van der Waals surface area contributed by atoms with E-state index in [1.165, 1.54) is 7.11 Å². The van der Waals surface area contributed by atoms with Gasteiger partial charge in [0.15, 0.2) is 0 Å². The summed E-state index contributed by atoms with van der Waals surface area (Å²) >= 11 is 0. The van der Waals surface area contributed by atoms with Gasteiger partial charge in [0.2, 0.25) is 9.05 Å². The van der Waals surface area contributed by atoms with E-state index in [9.17, 15) is 8.42 Å². The highest BCUT2D eigenvalue weighted by Gasteiger charge is 2.21. The van der Waals surface area contributed by atoms with Crippen molar-refractivity contribution in [1.29, 1.82) is 0 Å². The Bertz CT molecular complexity index is 521. The highest BCUT2D eigenvalue weighted by atomic mass is 35.7. The van der Waals surface area contributed by atoms with Gasteiger partial charge in [-0.05, 0) is 23.5 Å². The van der Waals surface area contributed by atoms with E-state index in [-0.39, 0.29) is 11.2 Å². The zero-order valence-electron chi connectivity index (χ0n) is 11.2. The van der Waals surface area contributed by atoms with E-state index in [2.05, 4.69) is 20.8 Å². The lowest BCUT2D eigenvalue weighted by molar-refractivity contribution is 0.410. The predicted molar refractivity (Wildman–Crippen MR) is 74.8 cm³/mol. The number of methoxy groups -OCH3 is 1. The molecule has 0 aromatic heterocycles. The third-order valence-corrected chi connectivity index (χ3v) is 4.26. The molecule has 0 amide bonds. The molecule has 0 atom stereocenters. The number of ether oxygens (including phenoxy) is 1. The van der Waals surface area contributed by atoms with Gasteiger partial charge in [-0.15, -0.1) is 0 Å². The van der Waals surface area contributed by atoms with E-state index in [1.54, 1.807) is 6.07 Å². The van der Waals surface area contributed by atoms with E-state index in [0.717, 1.165) is 12.0 Å². The van der Waals surface area contributed by atoms with Crippen LogP contribution in [0.4, 0.5) is 0 Å². The number of hydrogen-bond acceptors (Lipinski definition) is 3. The van der Waals surface area contributed by atoms with Crippen LogP contribution in [-0.2, 0) is 20.2 Å². The molecule has 1 aromatic carbocycles. The highest BCUT2D eigenvalue weighted by molar-refractivity contribution is 8.13. The molecule has 0 saturated heterocycles. The van der Waals surface area contributed by atoms with Crippen LogP contribution in [0.2, 0.25) is 0 Å². The second-order valence-electron chi connectivity index (χ2n) is 4.95. The number of halogens is 1. The van der Waals surface area contributed by atoms with Gasteiger partial charge in [-0.1, -0.05) is 32.9 Å². The molecule has 0 unspecified atom stereocenters. The number of hydrogen-bond donors (Lipinski definition) is 0. The first-order valence-electron chi connectivity index (χ1n) is 5.79. The van der Waals surface area contributed by atoms with E-state index < -0.39 is 9.05 Å². The maximum atomic E-state index is 11.2. The van der Waals surface area contributed by atoms with Crippen molar-refractivity contribution in [3.63, 3.8) is 0 Å². The maximum absolute atomic E-state index is 11.2. The quantitative estimate of drug-likeness (QED) is 0.780. The zero-order chi connectivity index (χ0) is 14.0. The van der Waals surface area contributed by atoms with Crippen molar-refractivity contribution in [2.75, 3.05) is 7.11 Å². The summed E-state index contributed by atoms with van der Waals surface area (Å²) in [6.45, 7) is 6.34. The molecule has 0 aliphatic carbocycles. The van der Waals surface area contributed by atoms with Gasteiger partial charge >= 0.3 is 0 Å². The van der Waals surface area contributed by atoms with Crippen molar-refractivity contribution in [2.45, 2.75) is 38.4 Å². The molecule has 0 bridgehead atoms. The summed E-state index contributed by atoms with van der Waals surface area (Å²) in [5, 5.41) is 0. The lowest BCUT2D eigenvalue weighted by atomic mass is 9.81. The molecule has 1 rings (SSSR count). The van der Waals surface area contributed by atoms with E-state index in [0.29, 0.717) is 11.3 Å². The van der Waals surface area contributed by atoms with Gasteiger partial charge in [-0.3, -0.25) is 0 Å². The standard InChI is InChI=1S/C13H19ClO3S/c1-5-13(2,3)11-6-7-12(17-4)10(8-11)9-18(14,15)16/h6-8H,5,9H2,1-4H3. The smallest absolute Gasteiger partial charge is 0.236 e. The molecule has 0 spiro atoms. The largest absolute Gasteiger partial charge is 0.496 e. The lowest BCUT2D eigenvalue weighted by Crippen LogP contribution is -2.16. The topological polar surface area (TPSA) is 43.4 Å². The molecule has 0 N–H and O–H groups in total. The normalized spacial score (nSPS) is 12.5. The fraction of sp³-hybridized carbons (Fsp3) is 0.538. The Hall–Kier alpha value is -0.740. The van der Waals surface area contributed by atoms with Gasteiger partial charge in [0.05, 0.1) is 12.9 Å².